The van der Waals surface area contributed by atoms with Crippen LogP contribution in [0.15, 0.2) is 36.5 Å². The highest BCUT2D eigenvalue weighted by Gasteiger charge is 2.22. The molecule has 3 rings (SSSR count). The Balaban J connectivity index is 2.32. The molecule has 1 heterocycles. The van der Waals surface area contributed by atoms with Crippen molar-refractivity contribution in [3.63, 3.8) is 0 Å². The molecule has 29 heavy (non-hydrogen) atoms. The average molecular weight is 414 g/mol. The molecule has 0 fully saturated rings. The molecule has 146 valence electrons. The number of nitrogens with zero attached hydrogens (tertiary/aromatic N) is 4. The Morgan fingerprint density at radius 3 is 2.66 bits per heavy atom. The summed E-state index contributed by atoms with van der Waals surface area (Å²) in [5.41, 5.74) is 0.499. The third kappa shape index (κ3) is 3.79. The van der Waals surface area contributed by atoms with E-state index in [1.54, 1.807) is 0 Å². The van der Waals surface area contributed by atoms with Gasteiger partial charge in [-0.3, -0.25) is 19.9 Å². The summed E-state index contributed by atoms with van der Waals surface area (Å²) in [6.07, 6.45) is 1.26. The van der Waals surface area contributed by atoms with Crippen molar-refractivity contribution in [1.29, 1.82) is 5.26 Å². The van der Waals surface area contributed by atoms with E-state index < -0.39 is 16.6 Å². The normalized spacial score (nSPS) is 10.4. The number of nitriles is 1. The molecule has 0 radical (unpaired) electrons. The lowest BCUT2D eigenvalue weighted by atomic mass is 10.0. The van der Waals surface area contributed by atoms with Crippen LogP contribution in [-0.2, 0) is 0 Å². The number of nitrogens with one attached hydrogen (secondary N) is 1. The van der Waals surface area contributed by atoms with Crippen molar-refractivity contribution >= 4 is 45.5 Å². The van der Waals surface area contributed by atoms with Crippen LogP contribution in [0, 0.1) is 27.3 Å². The van der Waals surface area contributed by atoms with E-state index in [9.17, 15) is 24.6 Å². The molecule has 1 aromatic heterocycles. The van der Waals surface area contributed by atoms with Crippen molar-refractivity contribution in [2.24, 2.45) is 0 Å². The maximum Gasteiger partial charge on any atom is 0.271 e. The number of hydrogen-bond donors (Lipinski definition) is 1. The molecule has 1 amide bonds. The van der Waals surface area contributed by atoms with Gasteiger partial charge < -0.3 is 10.2 Å². The number of benzene rings is 2. The second-order valence-corrected chi connectivity index (χ2v) is 6.67. The van der Waals surface area contributed by atoms with E-state index in [4.69, 9.17) is 11.6 Å². The minimum Gasteiger partial charge on any atom is -0.354 e. The topological polar surface area (TPSA) is 112 Å². The third-order valence-electron chi connectivity index (χ3n) is 4.11. The summed E-state index contributed by atoms with van der Waals surface area (Å²) in [5.74, 6) is -1.10. The first-order valence-corrected chi connectivity index (χ1v) is 8.55. The van der Waals surface area contributed by atoms with Gasteiger partial charge in [0.05, 0.1) is 32.3 Å². The quantitative estimate of drug-likeness (QED) is 0.505. The summed E-state index contributed by atoms with van der Waals surface area (Å²) in [6, 6.07) is 8.18. The highest BCUT2D eigenvalue weighted by Crippen LogP contribution is 2.34. The van der Waals surface area contributed by atoms with Gasteiger partial charge in [-0.1, -0.05) is 11.6 Å². The van der Waals surface area contributed by atoms with Gasteiger partial charge in [0.2, 0.25) is 0 Å². The molecule has 0 aliphatic heterocycles. The fourth-order valence-corrected chi connectivity index (χ4v) is 2.92. The molecule has 1 N–H and O–H groups in total. The summed E-state index contributed by atoms with van der Waals surface area (Å²) in [5, 5.41) is 23.9. The number of aromatic nitrogens is 1. The van der Waals surface area contributed by atoms with Crippen molar-refractivity contribution in [2.45, 2.75) is 0 Å². The highest BCUT2D eigenvalue weighted by atomic mass is 35.5. The van der Waals surface area contributed by atoms with E-state index in [1.165, 1.54) is 43.4 Å². The smallest absolute Gasteiger partial charge is 0.271 e. The Bertz CT molecular complexity index is 1210. The zero-order valence-corrected chi connectivity index (χ0v) is 16.0. The van der Waals surface area contributed by atoms with E-state index in [0.29, 0.717) is 5.69 Å². The van der Waals surface area contributed by atoms with Gasteiger partial charge in [0, 0.05) is 43.5 Å². The number of halogens is 2. The largest absolute Gasteiger partial charge is 0.354 e. The minimum atomic E-state index is -0.635. The molecule has 0 atom stereocenters. The Labute approximate surface area is 169 Å². The number of non-ortho nitro benzene ring substituents is 1. The van der Waals surface area contributed by atoms with Crippen LogP contribution in [0.3, 0.4) is 0 Å². The summed E-state index contributed by atoms with van der Waals surface area (Å²) in [6.45, 7) is 0. The summed E-state index contributed by atoms with van der Waals surface area (Å²) < 4.78 is 13.5. The van der Waals surface area contributed by atoms with Gasteiger partial charge in [-0.25, -0.2) is 4.39 Å². The third-order valence-corrected chi connectivity index (χ3v) is 4.40. The van der Waals surface area contributed by atoms with Crippen molar-refractivity contribution in [2.75, 3.05) is 19.4 Å². The number of anilines is 2. The number of carbonyl (C=O) groups is 1. The zero-order valence-electron chi connectivity index (χ0n) is 15.2. The molecule has 0 saturated carbocycles. The minimum absolute atomic E-state index is 0.0175. The monoisotopic (exact) mass is 413 g/mol. The van der Waals surface area contributed by atoms with Crippen LogP contribution in [0.5, 0.6) is 0 Å². The molecule has 0 spiro atoms. The fourth-order valence-electron chi connectivity index (χ4n) is 2.73. The first-order valence-electron chi connectivity index (χ1n) is 8.18. The van der Waals surface area contributed by atoms with Crippen LogP contribution in [0.2, 0.25) is 5.02 Å². The van der Waals surface area contributed by atoms with Crippen LogP contribution in [0.1, 0.15) is 15.9 Å². The summed E-state index contributed by atoms with van der Waals surface area (Å²) in [4.78, 5) is 28.8. The number of pyridine rings is 1. The summed E-state index contributed by atoms with van der Waals surface area (Å²) >= 11 is 5.81. The predicted octanol–water partition coefficient (Wildman–Crippen LogP) is 4.25. The highest BCUT2D eigenvalue weighted by molar-refractivity contribution is 6.31. The van der Waals surface area contributed by atoms with Crippen LogP contribution in [0.25, 0.3) is 10.9 Å². The van der Waals surface area contributed by atoms with Crippen molar-refractivity contribution in [3.05, 3.63) is 68.6 Å². The molecule has 0 saturated heterocycles. The Hall–Kier alpha value is -3.77. The molecular formula is C19H13ClFN5O3. The molecular weight excluding hydrogens is 401 g/mol. The SMILES string of the molecule is CN(C)C(=O)c1cc([N+](=O)[O-])cc2c(Nc3ccc(F)c(Cl)c3)c(C#N)cnc12. The molecule has 8 nitrogen and oxygen atoms in total. The molecule has 0 bridgehead atoms. The molecule has 3 aromatic rings. The van der Waals surface area contributed by atoms with Crippen molar-refractivity contribution in [3.8, 4) is 6.07 Å². The van der Waals surface area contributed by atoms with Gasteiger partial charge in [0.1, 0.15) is 11.9 Å². The number of nitro groups is 1. The lowest BCUT2D eigenvalue weighted by Crippen LogP contribution is -2.22. The molecule has 0 unspecified atom stereocenters. The number of amides is 1. The van der Waals surface area contributed by atoms with Gasteiger partial charge in [-0.05, 0) is 18.2 Å². The molecule has 0 aliphatic rings. The first-order chi connectivity index (χ1) is 13.7. The number of nitro benzene ring substituents is 1. The maximum atomic E-state index is 13.5. The lowest BCUT2D eigenvalue weighted by molar-refractivity contribution is -0.384. The van der Waals surface area contributed by atoms with Crippen molar-refractivity contribution in [1.82, 2.24) is 9.88 Å². The van der Waals surface area contributed by atoms with E-state index >= 15 is 0 Å². The van der Waals surface area contributed by atoms with Gasteiger partial charge in [0.25, 0.3) is 11.6 Å². The van der Waals surface area contributed by atoms with E-state index in [-0.39, 0.29) is 38.4 Å². The van der Waals surface area contributed by atoms with Crippen LogP contribution >= 0.6 is 11.6 Å². The van der Waals surface area contributed by atoms with E-state index in [0.717, 1.165) is 12.1 Å². The lowest BCUT2D eigenvalue weighted by Gasteiger charge is -2.15. The van der Waals surface area contributed by atoms with Gasteiger partial charge >= 0.3 is 0 Å². The van der Waals surface area contributed by atoms with Crippen LogP contribution < -0.4 is 5.32 Å². The Kier molecular flexibility index (Phi) is 5.30. The number of carbonyl (C=O) groups excluding carboxylic acids is 1. The standard InChI is InChI=1S/C19H13ClFN5O3/c1-25(2)19(27)14-7-12(26(28)29)6-13-17(10(8-22)9-23-18(13)14)24-11-3-4-16(21)15(20)5-11/h3-7,9H,1-2H3,(H,23,24). The average Bonchev–Trinajstić information content (AvgIpc) is 2.69. The zero-order chi connectivity index (χ0) is 21.3. The Morgan fingerprint density at radius 2 is 2.07 bits per heavy atom. The van der Waals surface area contributed by atoms with Gasteiger partial charge in [-0.15, -0.1) is 0 Å². The molecule has 0 aliphatic carbocycles. The predicted molar refractivity (Wildman–Crippen MR) is 106 cm³/mol. The number of rotatable bonds is 4. The van der Waals surface area contributed by atoms with Gasteiger partial charge in [-0.2, -0.15) is 5.26 Å². The second kappa shape index (κ2) is 7.69. The number of fused-ring (bicyclic) bond motifs is 1. The van der Waals surface area contributed by atoms with Crippen molar-refractivity contribution < 1.29 is 14.1 Å². The number of hydrogen-bond acceptors (Lipinski definition) is 6. The van der Waals surface area contributed by atoms with E-state index in [1.807, 2.05) is 6.07 Å². The van der Waals surface area contributed by atoms with Crippen LogP contribution in [0.4, 0.5) is 21.5 Å². The first kappa shape index (κ1) is 20.0. The molecule has 10 heteroatoms. The van der Waals surface area contributed by atoms with Gasteiger partial charge in [0.15, 0.2) is 0 Å². The maximum absolute atomic E-state index is 13.5. The molecule has 2 aromatic carbocycles. The summed E-state index contributed by atoms with van der Waals surface area (Å²) in [7, 11) is 3.02. The van der Waals surface area contributed by atoms with E-state index in [2.05, 4.69) is 10.3 Å². The Morgan fingerprint density at radius 1 is 1.34 bits per heavy atom. The van der Waals surface area contributed by atoms with Crippen LogP contribution in [-0.4, -0.2) is 34.8 Å². The fraction of sp³-hybridized carbons (Fsp3) is 0.105. The second-order valence-electron chi connectivity index (χ2n) is 6.26.